The molecule has 0 unspecified atom stereocenters. The summed E-state index contributed by atoms with van der Waals surface area (Å²) in [5.74, 6) is -0.200. The zero-order valence-corrected chi connectivity index (χ0v) is 13.1. The molecule has 0 aliphatic carbocycles. The lowest BCUT2D eigenvalue weighted by Crippen LogP contribution is -2.21. The van der Waals surface area contributed by atoms with E-state index in [2.05, 4.69) is 11.2 Å². The van der Waals surface area contributed by atoms with Crippen molar-refractivity contribution < 1.29 is 4.79 Å². The summed E-state index contributed by atoms with van der Waals surface area (Å²) in [7, 11) is 0. The van der Waals surface area contributed by atoms with Crippen LogP contribution < -0.4 is 5.01 Å². The van der Waals surface area contributed by atoms with E-state index in [1.165, 1.54) is 5.01 Å². The molecule has 0 fully saturated rings. The highest BCUT2D eigenvalue weighted by Crippen LogP contribution is 2.26. The fraction of sp³-hybridized carbons (Fsp3) is 0.0556. The number of anilines is 1. The van der Waals surface area contributed by atoms with E-state index in [1.807, 2.05) is 0 Å². The number of carbonyl (C=O) groups is 1. The molecule has 0 spiro atoms. The lowest BCUT2D eigenvalue weighted by Gasteiger charge is -2.11. The van der Waals surface area contributed by atoms with Gasteiger partial charge in [-0.25, -0.2) is 0 Å². The van der Waals surface area contributed by atoms with Crippen molar-refractivity contribution in [2.75, 3.05) is 5.01 Å². The number of carbonyl (C=O) groups excluding carboxylic acids is 1. The molecule has 23 heavy (non-hydrogen) atoms. The number of hydrazone groups is 1. The van der Waals surface area contributed by atoms with Crippen LogP contribution in [0.25, 0.3) is 6.08 Å². The topological polar surface area (TPSA) is 56.5 Å². The molecule has 1 amide bonds. The first kappa shape index (κ1) is 15.0. The minimum absolute atomic E-state index is 0.200. The Morgan fingerprint density at radius 2 is 1.96 bits per heavy atom. The summed E-state index contributed by atoms with van der Waals surface area (Å²) in [5, 5.41) is 15.0. The molecule has 0 saturated carbocycles. The molecular formula is C18H12ClN3O. The maximum absolute atomic E-state index is 12.6. The highest BCUT2D eigenvalue weighted by Gasteiger charge is 2.28. The van der Waals surface area contributed by atoms with Crippen molar-refractivity contribution in [1.82, 2.24) is 0 Å². The second kappa shape index (κ2) is 6.07. The first-order valence-corrected chi connectivity index (χ1v) is 7.34. The van der Waals surface area contributed by atoms with Crippen molar-refractivity contribution in [2.45, 2.75) is 6.92 Å². The normalized spacial score (nSPS) is 15.7. The first-order valence-electron chi connectivity index (χ1n) is 6.96. The van der Waals surface area contributed by atoms with Crippen molar-refractivity contribution in [3.63, 3.8) is 0 Å². The standard InChI is InChI=1S/C18H12ClN3O/c1-12-17(9-13-5-7-14(11-20)8-6-13)18(23)22(21-12)16-4-2-3-15(19)10-16/h2-10H,1H3. The van der Waals surface area contributed by atoms with Gasteiger partial charge in [0.25, 0.3) is 5.91 Å². The van der Waals surface area contributed by atoms with E-state index in [9.17, 15) is 4.79 Å². The van der Waals surface area contributed by atoms with Crippen LogP contribution in [-0.2, 0) is 4.79 Å². The number of rotatable bonds is 2. The average Bonchev–Trinajstić information content (AvgIpc) is 2.84. The Morgan fingerprint density at radius 1 is 1.22 bits per heavy atom. The van der Waals surface area contributed by atoms with Gasteiger partial charge in [-0.1, -0.05) is 29.8 Å². The molecule has 1 aliphatic heterocycles. The van der Waals surface area contributed by atoms with E-state index in [1.54, 1.807) is 61.5 Å². The van der Waals surface area contributed by atoms with Crippen LogP contribution in [-0.4, -0.2) is 11.6 Å². The number of nitriles is 1. The maximum atomic E-state index is 12.6. The molecule has 4 nitrogen and oxygen atoms in total. The Balaban J connectivity index is 1.93. The highest BCUT2D eigenvalue weighted by atomic mass is 35.5. The van der Waals surface area contributed by atoms with Gasteiger partial charge in [0.1, 0.15) is 0 Å². The smallest absolute Gasteiger partial charge is 0.267 e. The van der Waals surface area contributed by atoms with Gasteiger partial charge in [-0.05, 0) is 48.9 Å². The molecule has 0 N–H and O–H groups in total. The van der Waals surface area contributed by atoms with Crippen LogP contribution in [0.3, 0.4) is 0 Å². The zero-order chi connectivity index (χ0) is 16.4. The molecule has 0 atom stereocenters. The number of nitrogens with zero attached hydrogens (tertiary/aromatic N) is 3. The van der Waals surface area contributed by atoms with E-state index in [0.29, 0.717) is 27.6 Å². The molecule has 112 valence electrons. The van der Waals surface area contributed by atoms with Crippen LogP contribution in [0.4, 0.5) is 5.69 Å². The Kier molecular flexibility index (Phi) is 3.96. The summed E-state index contributed by atoms with van der Waals surface area (Å²) in [6, 6.07) is 16.1. The van der Waals surface area contributed by atoms with Gasteiger partial charge in [0.2, 0.25) is 0 Å². The van der Waals surface area contributed by atoms with Gasteiger partial charge in [0.15, 0.2) is 0 Å². The molecule has 2 aromatic carbocycles. The van der Waals surface area contributed by atoms with E-state index in [0.717, 1.165) is 5.56 Å². The van der Waals surface area contributed by atoms with Crippen LogP contribution in [0.15, 0.2) is 59.2 Å². The summed E-state index contributed by atoms with van der Waals surface area (Å²) >= 11 is 5.97. The molecule has 5 heteroatoms. The van der Waals surface area contributed by atoms with Crippen LogP contribution in [0, 0.1) is 11.3 Å². The third-order valence-electron chi connectivity index (χ3n) is 3.47. The van der Waals surface area contributed by atoms with E-state index in [-0.39, 0.29) is 5.91 Å². The predicted octanol–water partition coefficient (Wildman–Crippen LogP) is 4.02. The highest BCUT2D eigenvalue weighted by molar-refractivity contribution is 6.33. The largest absolute Gasteiger partial charge is 0.280 e. The maximum Gasteiger partial charge on any atom is 0.280 e. The van der Waals surface area contributed by atoms with Crippen molar-refractivity contribution in [2.24, 2.45) is 5.10 Å². The Morgan fingerprint density at radius 3 is 2.61 bits per heavy atom. The summed E-state index contributed by atoms with van der Waals surface area (Å²) in [5.41, 5.74) is 3.21. The summed E-state index contributed by atoms with van der Waals surface area (Å²) in [6.45, 7) is 1.79. The molecule has 0 aromatic heterocycles. The lowest BCUT2D eigenvalue weighted by molar-refractivity contribution is -0.114. The molecule has 1 heterocycles. The van der Waals surface area contributed by atoms with Crippen LogP contribution in [0.2, 0.25) is 5.02 Å². The molecule has 3 rings (SSSR count). The van der Waals surface area contributed by atoms with Crippen LogP contribution in [0.5, 0.6) is 0 Å². The monoisotopic (exact) mass is 321 g/mol. The van der Waals surface area contributed by atoms with E-state index in [4.69, 9.17) is 16.9 Å². The van der Waals surface area contributed by atoms with Gasteiger partial charge in [0, 0.05) is 5.02 Å². The van der Waals surface area contributed by atoms with Crippen molar-refractivity contribution >= 4 is 35.0 Å². The first-order chi connectivity index (χ1) is 11.1. The van der Waals surface area contributed by atoms with Gasteiger partial charge in [0.05, 0.1) is 28.6 Å². The Bertz CT molecular complexity index is 876. The zero-order valence-electron chi connectivity index (χ0n) is 12.3. The number of hydrogen-bond acceptors (Lipinski definition) is 3. The second-order valence-corrected chi connectivity index (χ2v) is 5.51. The van der Waals surface area contributed by atoms with Gasteiger partial charge in [-0.3, -0.25) is 4.79 Å². The third kappa shape index (κ3) is 3.01. The molecule has 2 aromatic rings. The van der Waals surface area contributed by atoms with Crippen molar-refractivity contribution in [3.8, 4) is 6.07 Å². The molecule has 0 radical (unpaired) electrons. The fourth-order valence-corrected chi connectivity index (χ4v) is 2.47. The van der Waals surface area contributed by atoms with Gasteiger partial charge < -0.3 is 0 Å². The summed E-state index contributed by atoms with van der Waals surface area (Å²) in [4.78, 5) is 12.6. The minimum Gasteiger partial charge on any atom is -0.267 e. The molecule has 1 aliphatic rings. The number of amides is 1. The molecule has 0 saturated heterocycles. The van der Waals surface area contributed by atoms with Crippen molar-refractivity contribution in [3.05, 3.63) is 70.3 Å². The number of halogens is 1. The Hall–Kier alpha value is -2.90. The van der Waals surface area contributed by atoms with Gasteiger partial charge >= 0.3 is 0 Å². The number of benzene rings is 2. The van der Waals surface area contributed by atoms with Gasteiger partial charge in [-0.15, -0.1) is 0 Å². The second-order valence-electron chi connectivity index (χ2n) is 5.07. The molecule has 0 bridgehead atoms. The summed E-state index contributed by atoms with van der Waals surface area (Å²) in [6.07, 6.45) is 1.77. The Labute approximate surface area is 138 Å². The SMILES string of the molecule is CC1=NN(c2cccc(Cl)c2)C(=O)C1=Cc1ccc(C#N)cc1. The lowest BCUT2D eigenvalue weighted by atomic mass is 10.1. The van der Waals surface area contributed by atoms with E-state index < -0.39 is 0 Å². The average molecular weight is 322 g/mol. The summed E-state index contributed by atoms with van der Waals surface area (Å²) < 4.78 is 0. The van der Waals surface area contributed by atoms with Crippen LogP contribution in [0.1, 0.15) is 18.1 Å². The van der Waals surface area contributed by atoms with E-state index >= 15 is 0 Å². The predicted molar refractivity (Wildman–Crippen MR) is 91.2 cm³/mol. The third-order valence-corrected chi connectivity index (χ3v) is 3.70. The molecular weight excluding hydrogens is 310 g/mol. The van der Waals surface area contributed by atoms with Crippen LogP contribution >= 0.6 is 11.6 Å². The van der Waals surface area contributed by atoms with Crippen molar-refractivity contribution in [1.29, 1.82) is 5.26 Å². The fourth-order valence-electron chi connectivity index (χ4n) is 2.29. The minimum atomic E-state index is -0.200. The number of hydrogen-bond donors (Lipinski definition) is 0. The van der Waals surface area contributed by atoms with Gasteiger partial charge in [-0.2, -0.15) is 15.4 Å². The quantitative estimate of drug-likeness (QED) is 0.784.